The molecule has 0 bridgehead atoms. The molecule has 1 fully saturated rings. The van der Waals surface area contributed by atoms with Crippen LogP contribution in [0.1, 0.15) is 28.7 Å². The minimum absolute atomic E-state index is 0.00650. The van der Waals surface area contributed by atoms with Crippen molar-refractivity contribution in [2.24, 2.45) is 0 Å². The molecule has 252 valence electrons. The van der Waals surface area contributed by atoms with E-state index in [1.165, 1.54) is 11.1 Å². The molecule has 0 unspecified atom stereocenters. The summed E-state index contributed by atoms with van der Waals surface area (Å²) < 4.78 is 39.7. The van der Waals surface area contributed by atoms with Gasteiger partial charge in [-0.25, -0.2) is 18.2 Å². The summed E-state index contributed by atoms with van der Waals surface area (Å²) in [6.45, 7) is 4.70. The van der Waals surface area contributed by atoms with Crippen molar-refractivity contribution in [1.29, 1.82) is 0 Å². The number of carbonyl (C=O) groups is 3. The molecule has 0 aliphatic carbocycles. The maximum atomic E-state index is 13.1. The number of aliphatic carboxylic acids is 1. The summed E-state index contributed by atoms with van der Waals surface area (Å²) in [7, 11) is -4.21. The number of aromatic nitrogens is 1. The molecule has 0 spiro atoms. The van der Waals surface area contributed by atoms with Crippen molar-refractivity contribution in [3.63, 3.8) is 0 Å². The van der Waals surface area contributed by atoms with Crippen molar-refractivity contribution in [3.05, 3.63) is 88.1 Å². The summed E-state index contributed by atoms with van der Waals surface area (Å²) in [6, 6.07) is 14.0. The number of anilines is 1. The van der Waals surface area contributed by atoms with Crippen LogP contribution >= 0.6 is 11.6 Å². The number of carboxylic acid groups (broad SMARTS) is 1. The normalized spacial score (nSPS) is 16.8. The van der Waals surface area contributed by atoms with E-state index in [0.29, 0.717) is 34.9 Å². The summed E-state index contributed by atoms with van der Waals surface area (Å²) in [4.78, 5) is 43.4. The van der Waals surface area contributed by atoms with Gasteiger partial charge in [0, 0.05) is 19.3 Å². The molecule has 1 aliphatic heterocycles. The maximum absolute atomic E-state index is 13.1. The number of halogens is 1. The highest BCUT2D eigenvalue weighted by Crippen LogP contribution is 2.24. The van der Waals surface area contributed by atoms with Gasteiger partial charge in [0.25, 0.3) is 0 Å². The highest BCUT2D eigenvalue weighted by molar-refractivity contribution is 7.89. The predicted octanol–water partition coefficient (Wildman–Crippen LogP) is 3.42. The van der Waals surface area contributed by atoms with Gasteiger partial charge in [0.15, 0.2) is 0 Å². The average Bonchev–Trinajstić information content (AvgIpc) is 3.43. The summed E-state index contributed by atoms with van der Waals surface area (Å²) in [5, 5.41) is 15.8. The number of nitrogens with one attached hydrogen (secondary N) is 3. The van der Waals surface area contributed by atoms with Crippen molar-refractivity contribution >= 4 is 45.4 Å². The molecule has 0 radical (unpaired) electrons. The Morgan fingerprint density at radius 2 is 1.79 bits per heavy atom. The third-order valence-electron chi connectivity index (χ3n) is 7.48. The van der Waals surface area contributed by atoms with Crippen LogP contribution in [0, 0.1) is 20.8 Å². The minimum atomic E-state index is -4.21. The number of sulfonamides is 1. The third kappa shape index (κ3) is 10.1. The lowest BCUT2D eigenvalue weighted by Crippen LogP contribution is -2.49. The molecule has 47 heavy (non-hydrogen) atoms. The van der Waals surface area contributed by atoms with Gasteiger partial charge in [-0.3, -0.25) is 9.59 Å². The number of carboxylic acids is 1. The number of rotatable bonds is 14. The lowest BCUT2D eigenvalue weighted by molar-refractivity contribution is -0.139. The first-order valence-corrected chi connectivity index (χ1v) is 16.7. The number of hydrogen-bond donors (Lipinski definition) is 4. The molecule has 1 saturated heterocycles. The molecule has 3 atom stereocenters. The molecule has 1 aromatic heterocycles. The first-order valence-electron chi connectivity index (χ1n) is 14.9. The first kappa shape index (κ1) is 35.6. The van der Waals surface area contributed by atoms with E-state index < -0.39 is 53.3 Å². The Balaban J connectivity index is 1.33. The Labute approximate surface area is 278 Å². The van der Waals surface area contributed by atoms with Crippen molar-refractivity contribution in [2.75, 3.05) is 31.6 Å². The van der Waals surface area contributed by atoms with Crippen molar-refractivity contribution in [1.82, 2.24) is 19.9 Å². The average molecular weight is 688 g/mol. The minimum Gasteiger partial charge on any atom is -0.480 e. The fourth-order valence-electron chi connectivity index (χ4n) is 5.39. The third-order valence-corrected chi connectivity index (χ3v) is 9.48. The van der Waals surface area contributed by atoms with Crippen LogP contribution in [0.2, 0.25) is 5.02 Å². The van der Waals surface area contributed by atoms with Gasteiger partial charge < -0.3 is 30.1 Å². The lowest BCUT2D eigenvalue weighted by atomic mass is 10.1. The van der Waals surface area contributed by atoms with Crippen LogP contribution in [-0.2, 0) is 35.7 Å². The second kappa shape index (κ2) is 16.0. The highest BCUT2D eigenvalue weighted by atomic mass is 35.5. The predicted molar refractivity (Wildman–Crippen MR) is 175 cm³/mol. The number of benzene rings is 2. The van der Waals surface area contributed by atoms with E-state index in [1.54, 1.807) is 38.1 Å². The molecule has 3 aromatic rings. The van der Waals surface area contributed by atoms with Crippen LogP contribution in [0.4, 0.5) is 10.6 Å². The number of amides is 2. The number of carbonyl (C=O) groups excluding carboxylic acids is 2. The van der Waals surface area contributed by atoms with Crippen molar-refractivity contribution < 1.29 is 37.4 Å². The monoisotopic (exact) mass is 687 g/mol. The van der Waals surface area contributed by atoms with E-state index in [1.807, 2.05) is 37.3 Å². The van der Waals surface area contributed by atoms with Gasteiger partial charge in [-0.1, -0.05) is 59.6 Å². The van der Waals surface area contributed by atoms with E-state index in [0.717, 1.165) is 11.1 Å². The zero-order valence-corrected chi connectivity index (χ0v) is 27.8. The van der Waals surface area contributed by atoms with Crippen molar-refractivity contribution in [2.45, 2.75) is 56.9 Å². The van der Waals surface area contributed by atoms with Gasteiger partial charge in [-0.05, 0) is 56.0 Å². The SMILES string of the molecule is Cc1cc(C)c(S(=O)(=O)N[C@@H](CNC(=O)CO[C@@H]2C[C@@H](CNc3ccc(Cl)cn3)N(C(=O)OCc3ccccc3)C2)C(=O)O)c(C)c1. The van der Waals surface area contributed by atoms with E-state index in [9.17, 15) is 27.9 Å². The first-order chi connectivity index (χ1) is 22.3. The van der Waals surface area contributed by atoms with Crippen LogP contribution in [0.25, 0.3) is 0 Å². The number of ether oxygens (including phenoxy) is 2. The number of nitrogens with zero attached hydrogens (tertiary/aromatic N) is 2. The summed E-state index contributed by atoms with van der Waals surface area (Å²) in [5.74, 6) is -1.54. The second-order valence-corrected chi connectivity index (χ2v) is 13.4. The molecule has 4 N–H and O–H groups in total. The molecule has 2 heterocycles. The molecule has 2 aromatic carbocycles. The van der Waals surface area contributed by atoms with Gasteiger partial charge in [0.2, 0.25) is 15.9 Å². The Morgan fingerprint density at radius 3 is 2.43 bits per heavy atom. The second-order valence-electron chi connectivity index (χ2n) is 11.3. The smallest absolute Gasteiger partial charge is 0.410 e. The van der Waals surface area contributed by atoms with E-state index in [2.05, 4.69) is 20.3 Å². The zero-order chi connectivity index (χ0) is 34.1. The van der Waals surface area contributed by atoms with Gasteiger partial charge in [0.1, 0.15) is 25.1 Å². The number of hydrogen-bond acceptors (Lipinski definition) is 9. The maximum Gasteiger partial charge on any atom is 0.410 e. The number of likely N-dealkylation sites (tertiary alicyclic amines) is 1. The van der Waals surface area contributed by atoms with E-state index in [4.69, 9.17) is 21.1 Å². The molecular weight excluding hydrogens is 650 g/mol. The Morgan fingerprint density at radius 1 is 1.09 bits per heavy atom. The van der Waals surface area contributed by atoms with Gasteiger partial charge in [-0.2, -0.15) is 4.72 Å². The standard InChI is InChI=1S/C32H38ClN5O8S/c1-20-11-21(2)30(22(3)12-20)47(43,44)37-27(31(40)41)16-36-29(39)19-45-26-13-25(15-35-28-10-9-24(33)14-34-28)38(17-26)32(42)46-18-23-7-5-4-6-8-23/h4-12,14,25-27,37H,13,15-19H2,1-3H3,(H,34,35)(H,36,39)(H,40,41)/t25-,26+,27-/m0/s1. The lowest BCUT2D eigenvalue weighted by Gasteiger charge is -2.24. The number of pyridine rings is 1. The van der Waals surface area contributed by atoms with Crippen LogP contribution in [0.5, 0.6) is 0 Å². The van der Waals surface area contributed by atoms with E-state index in [-0.39, 0.29) is 24.1 Å². The highest BCUT2D eigenvalue weighted by Gasteiger charge is 2.37. The quantitative estimate of drug-likeness (QED) is 0.196. The molecule has 1 aliphatic rings. The van der Waals surface area contributed by atoms with Gasteiger partial charge in [-0.15, -0.1) is 0 Å². The van der Waals surface area contributed by atoms with Crippen LogP contribution in [0.3, 0.4) is 0 Å². The van der Waals surface area contributed by atoms with Crippen molar-refractivity contribution in [3.8, 4) is 0 Å². The van der Waals surface area contributed by atoms with Gasteiger partial charge >= 0.3 is 12.1 Å². The van der Waals surface area contributed by atoms with E-state index >= 15 is 0 Å². The van der Waals surface area contributed by atoms with Gasteiger partial charge in [0.05, 0.1) is 28.6 Å². The molecular formula is C32H38ClN5O8S. The fourth-order valence-corrected chi connectivity index (χ4v) is 7.15. The van der Waals surface area contributed by atoms with Crippen LogP contribution in [0.15, 0.2) is 65.7 Å². The molecule has 15 heteroatoms. The number of aryl methyl sites for hydroxylation is 3. The largest absolute Gasteiger partial charge is 0.480 e. The Hall–Kier alpha value is -4.24. The summed E-state index contributed by atoms with van der Waals surface area (Å²) in [5.41, 5.74) is 2.65. The molecule has 13 nitrogen and oxygen atoms in total. The van der Waals surface area contributed by atoms with Crippen LogP contribution in [-0.4, -0.2) is 85.8 Å². The van der Waals surface area contributed by atoms with Crippen LogP contribution < -0.4 is 15.4 Å². The fraction of sp³-hybridized carbons (Fsp3) is 0.375. The Bertz CT molecular complexity index is 1650. The molecule has 2 amide bonds. The summed E-state index contributed by atoms with van der Waals surface area (Å²) in [6.07, 6.45) is 0.799. The summed E-state index contributed by atoms with van der Waals surface area (Å²) >= 11 is 5.92. The molecule has 4 rings (SSSR count). The zero-order valence-electron chi connectivity index (χ0n) is 26.2. The Kier molecular flexibility index (Phi) is 12.2. The topological polar surface area (TPSA) is 176 Å². The molecule has 0 saturated carbocycles.